The summed E-state index contributed by atoms with van der Waals surface area (Å²) in [7, 11) is 0. The van der Waals surface area contributed by atoms with Crippen LogP contribution in [0.2, 0.25) is 0 Å². The number of rotatable bonds is 9. The van der Waals surface area contributed by atoms with Crippen LogP contribution in [0.4, 0.5) is 8.78 Å². The van der Waals surface area contributed by atoms with E-state index in [-0.39, 0.29) is 23.1 Å². The molecule has 0 radical (unpaired) electrons. The predicted molar refractivity (Wildman–Crippen MR) is 107 cm³/mol. The molecule has 1 aliphatic rings. The fourth-order valence-corrected chi connectivity index (χ4v) is 3.55. The van der Waals surface area contributed by atoms with Crippen LogP contribution in [0.3, 0.4) is 0 Å². The summed E-state index contributed by atoms with van der Waals surface area (Å²) < 4.78 is 34.1. The van der Waals surface area contributed by atoms with Crippen LogP contribution in [-0.2, 0) is 17.1 Å². The number of nitrogens with zero attached hydrogens (tertiary/aromatic N) is 2. The fraction of sp³-hybridized carbons (Fsp3) is 0.409. The topological polar surface area (TPSA) is 104 Å². The summed E-state index contributed by atoms with van der Waals surface area (Å²) in [5, 5.41) is 18.9. The van der Waals surface area contributed by atoms with E-state index in [4.69, 9.17) is 9.52 Å². The van der Waals surface area contributed by atoms with Crippen LogP contribution in [0.25, 0.3) is 0 Å². The van der Waals surface area contributed by atoms with E-state index in [0.29, 0.717) is 38.6 Å². The molecule has 0 spiro atoms. The van der Waals surface area contributed by atoms with Gasteiger partial charge >= 0.3 is 11.9 Å². The highest BCUT2D eigenvalue weighted by Crippen LogP contribution is 2.32. The van der Waals surface area contributed by atoms with Crippen molar-refractivity contribution in [3.8, 4) is 0 Å². The van der Waals surface area contributed by atoms with Crippen molar-refractivity contribution < 1.29 is 33.0 Å². The SMILES string of the molecule is O=C(O)c1cnc(CCCN2C(=O)CCCC2C=CC(O)C(F)(F)c2ccccc2)o1. The molecular formula is C22H24F2N2O5. The van der Waals surface area contributed by atoms with Crippen LogP contribution < -0.4 is 0 Å². The summed E-state index contributed by atoms with van der Waals surface area (Å²) in [5.74, 6) is -4.75. The average Bonchev–Trinajstić information content (AvgIpc) is 3.23. The van der Waals surface area contributed by atoms with Crippen LogP contribution >= 0.6 is 0 Å². The maximum Gasteiger partial charge on any atom is 0.373 e. The molecule has 1 saturated heterocycles. The van der Waals surface area contributed by atoms with Crippen molar-refractivity contribution in [3.05, 3.63) is 65.9 Å². The van der Waals surface area contributed by atoms with Crippen molar-refractivity contribution in [2.45, 2.75) is 50.2 Å². The maximum atomic E-state index is 14.5. The molecule has 2 unspecified atom stereocenters. The summed E-state index contributed by atoms with van der Waals surface area (Å²) in [6.07, 6.45) is 4.04. The first kappa shape index (κ1) is 22.6. The van der Waals surface area contributed by atoms with Gasteiger partial charge in [-0.3, -0.25) is 4.79 Å². The van der Waals surface area contributed by atoms with E-state index in [0.717, 1.165) is 12.3 Å². The Morgan fingerprint density at radius 2 is 2.10 bits per heavy atom. The van der Waals surface area contributed by atoms with Gasteiger partial charge in [-0.1, -0.05) is 42.5 Å². The monoisotopic (exact) mass is 434 g/mol. The number of aromatic nitrogens is 1. The van der Waals surface area contributed by atoms with Gasteiger partial charge in [0.1, 0.15) is 6.10 Å². The van der Waals surface area contributed by atoms with E-state index in [9.17, 15) is 23.5 Å². The standard InChI is InChI=1S/C22H24F2N2O5/c23-22(24,15-6-2-1-3-7-15)18(27)12-11-16-8-4-10-20(28)26(16)13-5-9-19-25-14-17(31-19)21(29)30/h1-3,6-7,11-12,14,16,18,27H,4-5,8-10,13H2,(H,29,30). The second kappa shape index (κ2) is 9.82. The first-order valence-electron chi connectivity index (χ1n) is 10.1. The number of carbonyl (C=O) groups is 2. The predicted octanol–water partition coefficient (Wildman–Crippen LogP) is 3.40. The van der Waals surface area contributed by atoms with Gasteiger partial charge in [0.25, 0.3) is 0 Å². The van der Waals surface area contributed by atoms with Gasteiger partial charge in [0.05, 0.1) is 12.2 Å². The number of amides is 1. The Labute approximate surface area is 178 Å². The minimum absolute atomic E-state index is 0.0937. The Morgan fingerprint density at radius 3 is 2.77 bits per heavy atom. The molecule has 1 aromatic heterocycles. The minimum Gasteiger partial charge on any atom is -0.475 e. The molecule has 31 heavy (non-hydrogen) atoms. The number of likely N-dealkylation sites (tertiary alicyclic amines) is 1. The first-order valence-corrected chi connectivity index (χ1v) is 10.1. The zero-order valence-electron chi connectivity index (χ0n) is 16.8. The molecule has 1 amide bonds. The van der Waals surface area contributed by atoms with E-state index >= 15 is 0 Å². The third-order valence-electron chi connectivity index (χ3n) is 5.21. The van der Waals surface area contributed by atoms with Crippen LogP contribution in [-0.4, -0.2) is 50.7 Å². The number of halogens is 2. The molecule has 1 fully saturated rings. The van der Waals surface area contributed by atoms with Gasteiger partial charge in [0.2, 0.25) is 11.7 Å². The third kappa shape index (κ3) is 5.55. The molecular weight excluding hydrogens is 410 g/mol. The first-order chi connectivity index (χ1) is 14.8. The molecule has 166 valence electrons. The van der Waals surface area contributed by atoms with E-state index in [1.807, 2.05) is 0 Å². The number of alkyl halides is 2. The Kier molecular flexibility index (Phi) is 7.17. The number of carboxylic acid groups (broad SMARTS) is 1. The number of aliphatic hydroxyl groups excluding tert-OH is 1. The number of aliphatic hydroxyl groups is 1. The zero-order valence-corrected chi connectivity index (χ0v) is 16.8. The summed E-state index contributed by atoms with van der Waals surface area (Å²) in [6.45, 7) is 0.337. The highest BCUT2D eigenvalue weighted by atomic mass is 19.3. The number of carbonyl (C=O) groups excluding carboxylic acids is 1. The van der Waals surface area contributed by atoms with Crippen LogP contribution in [0, 0.1) is 0 Å². The van der Waals surface area contributed by atoms with Gasteiger partial charge in [-0.05, 0) is 19.3 Å². The van der Waals surface area contributed by atoms with Gasteiger partial charge in [-0.2, -0.15) is 8.78 Å². The van der Waals surface area contributed by atoms with Crippen LogP contribution in [0.1, 0.15) is 47.7 Å². The van der Waals surface area contributed by atoms with Crippen LogP contribution in [0.5, 0.6) is 0 Å². The van der Waals surface area contributed by atoms with Crippen LogP contribution in [0.15, 0.2) is 53.1 Å². The molecule has 2 aromatic rings. The molecule has 0 aliphatic carbocycles. The molecule has 0 bridgehead atoms. The number of benzene rings is 1. The molecule has 1 aromatic carbocycles. The quantitative estimate of drug-likeness (QED) is 0.587. The summed E-state index contributed by atoms with van der Waals surface area (Å²) in [6, 6.07) is 6.69. The second-order valence-electron chi connectivity index (χ2n) is 7.39. The molecule has 9 heteroatoms. The van der Waals surface area contributed by atoms with Crippen molar-refractivity contribution in [1.82, 2.24) is 9.88 Å². The highest BCUT2D eigenvalue weighted by Gasteiger charge is 2.39. The normalized spacial score (nSPS) is 18.5. The smallest absolute Gasteiger partial charge is 0.373 e. The maximum absolute atomic E-state index is 14.5. The van der Waals surface area contributed by atoms with Gasteiger partial charge in [0, 0.05) is 24.9 Å². The lowest BCUT2D eigenvalue weighted by Gasteiger charge is -2.34. The van der Waals surface area contributed by atoms with E-state index in [1.54, 1.807) is 11.0 Å². The van der Waals surface area contributed by atoms with Crippen molar-refractivity contribution in [2.24, 2.45) is 0 Å². The Hall–Kier alpha value is -3.07. The lowest BCUT2D eigenvalue weighted by atomic mass is 9.98. The zero-order chi connectivity index (χ0) is 22.4. The van der Waals surface area contributed by atoms with Gasteiger partial charge in [0.15, 0.2) is 5.89 Å². The fourth-order valence-electron chi connectivity index (χ4n) is 3.55. The van der Waals surface area contributed by atoms with Crippen molar-refractivity contribution >= 4 is 11.9 Å². The summed E-state index contributed by atoms with van der Waals surface area (Å²) in [5.41, 5.74) is -0.282. The molecule has 2 heterocycles. The van der Waals surface area contributed by atoms with Crippen molar-refractivity contribution in [2.75, 3.05) is 6.54 Å². The molecule has 0 saturated carbocycles. The molecule has 7 nitrogen and oxygen atoms in total. The van der Waals surface area contributed by atoms with Gasteiger partial charge in [-0.25, -0.2) is 9.78 Å². The number of aryl methyl sites for hydroxylation is 1. The average molecular weight is 434 g/mol. The highest BCUT2D eigenvalue weighted by molar-refractivity contribution is 5.83. The summed E-state index contributed by atoms with van der Waals surface area (Å²) in [4.78, 5) is 28.7. The Morgan fingerprint density at radius 1 is 1.35 bits per heavy atom. The van der Waals surface area contributed by atoms with E-state index in [2.05, 4.69) is 4.98 Å². The van der Waals surface area contributed by atoms with E-state index in [1.165, 1.54) is 30.3 Å². The lowest BCUT2D eigenvalue weighted by Crippen LogP contribution is -2.43. The largest absolute Gasteiger partial charge is 0.475 e. The van der Waals surface area contributed by atoms with Gasteiger partial charge < -0.3 is 19.5 Å². The number of piperidine rings is 1. The van der Waals surface area contributed by atoms with Gasteiger partial charge in [-0.15, -0.1) is 0 Å². The Balaban J connectivity index is 1.61. The second-order valence-corrected chi connectivity index (χ2v) is 7.39. The van der Waals surface area contributed by atoms with Crippen molar-refractivity contribution in [1.29, 1.82) is 0 Å². The lowest BCUT2D eigenvalue weighted by molar-refractivity contribution is -0.135. The minimum atomic E-state index is -3.45. The summed E-state index contributed by atoms with van der Waals surface area (Å²) >= 11 is 0. The molecule has 3 rings (SSSR count). The number of hydrogen-bond donors (Lipinski definition) is 2. The number of aromatic carboxylic acids is 1. The number of oxazole rings is 1. The third-order valence-corrected chi connectivity index (χ3v) is 5.21. The number of hydrogen-bond acceptors (Lipinski definition) is 5. The Bertz CT molecular complexity index is 929. The molecule has 2 atom stereocenters. The van der Waals surface area contributed by atoms with Crippen molar-refractivity contribution in [3.63, 3.8) is 0 Å². The molecule has 1 aliphatic heterocycles. The number of carboxylic acids is 1. The van der Waals surface area contributed by atoms with E-state index < -0.39 is 24.0 Å². The molecule has 2 N–H and O–H groups in total.